The molecular weight excluding hydrogens is 334 g/mol. The van der Waals surface area contributed by atoms with Gasteiger partial charge in [-0.2, -0.15) is 0 Å². The van der Waals surface area contributed by atoms with E-state index in [0.29, 0.717) is 0 Å². The topological polar surface area (TPSA) is 98.7 Å². The normalized spacial score (nSPS) is 11.3. The molecule has 1 aromatic carbocycles. The molecule has 8 heteroatoms. The van der Waals surface area contributed by atoms with E-state index in [4.69, 9.17) is 5.11 Å². The van der Waals surface area contributed by atoms with Gasteiger partial charge in [-0.25, -0.2) is 0 Å². The Bertz CT molecular complexity index is 580. The number of amides is 2. The van der Waals surface area contributed by atoms with Crippen LogP contribution in [0, 0.1) is 0 Å². The monoisotopic (exact) mass is 357 g/mol. The zero-order valence-corrected chi connectivity index (χ0v) is 14.9. The van der Waals surface area contributed by atoms with Crippen LogP contribution in [0.5, 0.6) is 0 Å². The smallest absolute Gasteiger partial charge is 0.320 e. The summed E-state index contributed by atoms with van der Waals surface area (Å²) in [4.78, 5) is 35.8. The van der Waals surface area contributed by atoms with E-state index in [1.54, 1.807) is 6.07 Å². The third kappa shape index (κ3) is 6.97. The molecule has 2 amide bonds. The highest BCUT2D eigenvalue weighted by Crippen LogP contribution is 2.14. The first-order valence-electron chi connectivity index (χ1n) is 7.42. The zero-order valence-electron chi connectivity index (χ0n) is 14.0. The molecule has 1 atom stereocenters. The van der Waals surface area contributed by atoms with Gasteiger partial charge in [-0.1, -0.05) is 25.1 Å². The summed E-state index contributed by atoms with van der Waals surface area (Å²) in [6, 6.07) is 6.69. The van der Waals surface area contributed by atoms with Crippen LogP contribution < -0.4 is 10.6 Å². The molecule has 1 rings (SSSR count). The molecule has 0 radical (unpaired) electrons. The minimum atomic E-state index is -1.01. The van der Waals surface area contributed by atoms with Crippen LogP contribution in [0.1, 0.15) is 19.4 Å². The van der Waals surface area contributed by atoms with Gasteiger partial charge in [0.2, 0.25) is 11.8 Å². The van der Waals surface area contributed by atoms with E-state index >= 15 is 0 Å². The highest BCUT2D eigenvalue weighted by molar-refractivity contribution is 5.95. The van der Waals surface area contributed by atoms with E-state index in [0.717, 1.165) is 17.7 Å². The van der Waals surface area contributed by atoms with E-state index in [1.807, 2.05) is 25.1 Å². The van der Waals surface area contributed by atoms with Crippen LogP contribution in [0.25, 0.3) is 0 Å². The molecule has 0 spiro atoms. The number of aliphatic carboxylic acids is 1. The molecule has 0 fully saturated rings. The molecule has 0 aromatic heterocycles. The first kappa shape index (κ1) is 21.9. The lowest BCUT2D eigenvalue weighted by molar-refractivity contribution is -0.142. The molecule has 3 N–H and O–H groups in total. The molecule has 1 unspecified atom stereocenters. The van der Waals surface area contributed by atoms with Gasteiger partial charge in [0.1, 0.15) is 6.04 Å². The van der Waals surface area contributed by atoms with Crippen molar-refractivity contribution < 1.29 is 19.5 Å². The number of rotatable bonds is 8. The Kier molecular flexibility index (Phi) is 9.68. The standard InChI is InChI=1S/C16H23N3O4.ClH/c1-4-12-7-5-6-8-13(12)18-14(20)9-17-15(21)10-19(3)11(2)16(22)23;/h5-8,11H,4,9-10H2,1-3H3,(H,17,21)(H,18,20)(H,22,23);1H. The number of carboxylic acids is 1. The first-order chi connectivity index (χ1) is 10.8. The predicted octanol–water partition coefficient (Wildman–Crippen LogP) is 1.13. The third-order valence-electron chi connectivity index (χ3n) is 3.53. The highest BCUT2D eigenvalue weighted by atomic mass is 35.5. The summed E-state index contributed by atoms with van der Waals surface area (Å²) in [5, 5.41) is 14.1. The molecular formula is C16H24ClN3O4. The van der Waals surface area contributed by atoms with Crippen molar-refractivity contribution in [2.75, 3.05) is 25.5 Å². The second-order valence-corrected chi connectivity index (χ2v) is 5.26. The number of carbonyl (C=O) groups excluding carboxylic acids is 2. The molecule has 0 saturated carbocycles. The third-order valence-corrected chi connectivity index (χ3v) is 3.53. The summed E-state index contributed by atoms with van der Waals surface area (Å²) in [6.07, 6.45) is 0.792. The maximum Gasteiger partial charge on any atom is 0.320 e. The van der Waals surface area contributed by atoms with Crippen molar-refractivity contribution in [3.8, 4) is 0 Å². The number of hydrogen-bond donors (Lipinski definition) is 3. The van der Waals surface area contributed by atoms with Crippen LogP contribution in [0.4, 0.5) is 5.69 Å². The average Bonchev–Trinajstić information content (AvgIpc) is 2.52. The van der Waals surface area contributed by atoms with Crippen LogP contribution in [0.3, 0.4) is 0 Å². The van der Waals surface area contributed by atoms with E-state index in [-0.39, 0.29) is 31.4 Å². The Morgan fingerprint density at radius 2 is 1.83 bits per heavy atom. The largest absolute Gasteiger partial charge is 0.480 e. The molecule has 134 valence electrons. The second kappa shape index (κ2) is 10.6. The Morgan fingerprint density at radius 3 is 2.42 bits per heavy atom. The van der Waals surface area contributed by atoms with Crippen molar-refractivity contribution in [3.63, 3.8) is 0 Å². The Morgan fingerprint density at radius 1 is 1.21 bits per heavy atom. The summed E-state index contributed by atoms with van der Waals surface area (Å²) in [6.45, 7) is 3.23. The number of carboxylic acid groups (broad SMARTS) is 1. The lowest BCUT2D eigenvalue weighted by atomic mass is 10.1. The average molecular weight is 358 g/mol. The molecule has 0 heterocycles. The highest BCUT2D eigenvalue weighted by Gasteiger charge is 2.19. The summed E-state index contributed by atoms with van der Waals surface area (Å²) in [5.41, 5.74) is 1.74. The van der Waals surface area contributed by atoms with Crippen molar-refractivity contribution in [3.05, 3.63) is 29.8 Å². The molecule has 0 saturated heterocycles. The molecule has 1 aromatic rings. The number of nitrogens with zero attached hydrogens (tertiary/aromatic N) is 1. The van der Waals surface area contributed by atoms with Crippen molar-refractivity contribution >= 4 is 35.9 Å². The van der Waals surface area contributed by atoms with Gasteiger partial charge in [-0.15, -0.1) is 12.4 Å². The Labute approximate surface area is 147 Å². The lowest BCUT2D eigenvalue weighted by Crippen LogP contribution is -2.44. The van der Waals surface area contributed by atoms with E-state index in [9.17, 15) is 14.4 Å². The maximum absolute atomic E-state index is 11.9. The zero-order chi connectivity index (χ0) is 17.4. The molecule has 0 aliphatic rings. The molecule has 7 nitrogen and oxygen atoms in total. The summed E-state index contributed by atoms with van der Waals surface area (Å²) in [5.74, 6) is -1.73. The van der Waals surface area contributed by atoms with Crippen LogP contribution in [0.15, 0.2) is 24.3 Å². The van der Waals surface area contributed by atoms with Gasteiger partial charge in [0, 0.05) is 5.69 Å². The molecule has 0 bridgehead atoms. The van der Waals surface area contributed by atoms with Crippen LogP contribution >= 0.6 is 12.4 Å². The van der Waals surface area contributed by atoms with Gasteiger partial charge >= 0.3 is 5.97 Å². The Hall–Kier alpha value is -2.12. The van der Waals surface area contributed by atoms with Crippen LogP contribution in [-0.2, 0) is 20.8 Å². The number of likely N-dealkylation sites (N-methyl/N-ethyl adjacent to an activating group) is 1. The molecule has 24 heavy (non-hydrogen) atoms. The number of carbonyl (C=O) groups is 3. The first-order valence-corrected chi connectivity index (χ1v) is 7.42. The van der Waals surface area contributed by atoms with Crippen molar-refractivity contribution in [2.24, 2.45) is 0 Å². The minimum Gasteiger partial charge on any atom is -0.480 e. The fourth-order valence-electron chi connectivity index (χ4n) is 1.93. The summed E-state index contributed by atoms with van der Waals surface area (Å²) < 4.78 is 0. The van der Waals surface area contributed by atoms with Gasteiger partial charge in [0.25, 0.3) is 0 Å². The maximum atomic E-state index is 11.9. The summed E-state index contributed by atoms with van der Waals surface area (Å²) in [7, 11) is 1.54. The van der Waals surface area contributed by atoms with Crippen LogP contribution in [0.2, 0.25) is 0 Å². The fourth-order valence-corrected chi connectivity index (χ4v) is 1.93. The van der Waals surface area contributed by atoms with Crippen molar-refractivity contribution in [2.45, 2.75) is 26.3 Å². The number of para-hydroxylation sites is 1. The number of aryl methyl sites for hydroxylation is 1. The van der Waals surface area contributed by atoms with E-state index < -0.39 is 17.9 Å². The van der Waals surface area contributed by atoms with Gasteiger partial charge in [-0.3, -0.25) is 19.3 Å². The summed E-state index contributed by atoms with van der Waals surface area (Å²) >= 11 is 0. The van der Waals surface area contributed by atoms with Crippen LogP contribution in [-0.4, -0.2) is 54.0 Å². The van der Waals surface area contributed by atoms with Crippen molar-refractivity contribution in [1.82, 2.24) is 10.2 Å². The Balaban J connectivity index is 0.00000529. The number of benzene rings is 1. The van der Waals surface area contributed by atoms with E-state index in [2.05, 4.69) is 10.6 Å². The molecule has 0 aliphatic carbocycles. The van der Waals surface area contributed by atoms with Gasteiger partial charge < -0.3 is 15.7 Å². The quantitative estimate of drug-likeness (QED) is 0.647. The van der Waals surface area contributed by atoms with E-state index in [1.165, 1.54) is 18.9 Å². The number of halogens is 1. The minimum absolute atomic E-state index is 0. The predicted molar refractivity (Wildman–Crippen MR) is 94.4 cm³/mol. The number of hydrogen-bond acceptors (Lipinski definition) is 4. The molecule has 0 aliphatic heterocycles. The number of nitrogens with one attached hydrogen (secondary N) is 2. The fraction of sp³-hybridized carbons (Fsp3) is 0.438. The van der Waals surface area contributed by atoms with Crippen molar-refractivity contribution in [1.29, 1.82) is 0 Å². The number of anilines is 1. The van der Waals surface area contributed by atoms with Gasteiger partial charge in [0.15, 0.2) is 0 Å². The van der Waals surface area contributed by atoms with Gasteiger partial charge in [-0.05, 0) is 32.0 Å². The SMILES string of the molecule is CCc1ccccc1NC(=O)CNC(=O)CN(C)C(C)C(=O)O.Cl. The second-order valence-electron chi connectivity index (χ2n) is 5.26. The van der Waals surface area contributed by atoms with Gasteiger partial charge in [0.05, 0.1) is 13.1 Å². The lowest BCUT2D eigenvalue weighted by Gasteiger charge is -2.20.